The molecule has 2 aliphatic carbocycles. The highest BCUT2D eigenvalue weighted by molar-refractivity contribution is 8.32. The van der Waals surface area contributed by atoms with Crippen LogP contribution in [0.1, 0.15) is 74.0 Å². The Labute approximate surface area is 307 Å². The number of nitrogens with zero attached hydrogens (tertiary/aromatic N) is 3. The SMILES string of the molecule is Cc1nn(COCCS(C)(C)C)c(C)c1-c1ccc(NC(=O)[C@@H](NC(=O)C2(F)CC2)[C@@H]2CCCc3ccc(-c4ccc(=O)n(C(C)C)c4)cc32)cc1. The van der Waals surface area contributed by atoms with E-state index in [1.54, 1.807) is 10.6 Å². The molecule has 2 atom stereocenters. The van der Waals surface area contributed by atoms with Crippen molar-refractivity contribution in [3.05, 3.63) is 93.7 Å². The van der Waals surface area contributed by atoms with Crippen molar-refractivity contribution >= 4 is 27.5 Å². The lowest BCUT2D eigenvalue weighted by Gasteiger charge is -2.33. The Bertz CT molecular complexity index is 2010. The largest absolute Gasteiger partial charge is 0.358 e. The van der Waals surface area contributed by atoms with Crippen LogP contribution < -0.4 is 16.2 Å². The highest BCUT2D eigenvalue weighted by atomic mass is 32.3. The number of carbonyl (C=O) groups is 2. The normalized spacial score (nSPS) is 17.4. The van der Waals surface area contributed by atoms with E-state index >= 15 is 4.39 Å². The summed E-state index contributed by atoms with van der Waals surface area (Å²) in [5.41, 5.74) is 6.30. The van der Waals surface area contributed by atoms with Gasteiger partial charge in [-0.15, -0.1) is 0 Å². The van der Waals surface area contributed by atoms with Crippen LogP contribution in [0.25, 0.3) is 22.3 Å². The standard InChI is InChI=1S/C41H52FN5O4S/c1-26(2)46-24-32(15-18-36(46)48)31-12-11-29-9-8-10-34(35(29)23-31)38(44-40(50)41(42)19-20-41)39(49)43-33-16-13-30(14-17-33)37-27(3)45-47(28(37)4)25-51-21-22-52(5,6)7/h11-18,23-24,26,34,38H,8-10,19-22,25H2,1-7H3,(H,43,49)(H,44,50)/t34-,38+/m1/s1. The van der Waals surface area contributed by atoms with Gasteiger partial charge in [0.1, 0.15) is 12.8 Å². The molecule has 4 aromatic rings. The maximum absolute atomic E-state index is 15.0. The monoisotopic (exact) mass is 729 g/mol. The van der Waals surface area contributed by atoms with Crippen LogP contribution in [0, 0.1) is 13.8 Å². The van der Waals surface area contributed by atoms with Gasteiger partial charge in [-0.1, -0.05) is 30.3 Å². The lowest BCUT2D eigenvalue weighted by molar-refractivity contribution is -0.131. The Kier molecular flexibility index (Phi) is 10.8. The van der Waals surface area contributed by atoms with Crippen molar-refractivity contribution in [2.45, 2.75) is 90.2 Å². The number of carbonyl (C=O) groups excluding carboxylic acids is 2. The number of nitrogens with one attached hydrogen (secondary N) is 2. The number of halogens is 1. The number of aromatic nitrogens is 3. The third kappa shape index (κ3) is 8.36. The molecule has 1 saturated carbocycles. The molecule has 0 unspecified atom stereocenters. The predicted molar refractivity (Wildman–Crippen MR) is 209 cm³/mol. The zero-order chi connectivity index (χ0) is 37.4. The number of pyridine rings is 1. The van der Waals surface area contributed by atoms with Gasteiger partial charge in [-0.05, 0) is 125 Å². The van der Waals surface area contributed by atoms with E-state index in [0.717, 1.165) is 63.4 Å². The van der Waals surface area contributed by atoms with E-state index < -0.39 is 33.6 Å². The maximum Gasteiger partial charge on any atom is 0.258 e. The van der Waals surface area contributed by atoms with Crippen LogP contribution in [0.15, 0.2) is 65.6 Å². The second kappa shape index (κ2) is 15.0. The molecule has 2 heterocycles. The number of benzene rings is 2. The first-order valence-electron chi connectivity index (χ1n) is 18.2. The number of rotatable bonds is 13. The van der Waals surface area contributed by atoms with Gasteiger partial charge in [-0.2, -0.15) is 5.10 Å². The van der Waals surface area contributed by atoms with Gasteiger partial charge in [-0.25, -0.2) is 19.1 Å². The van der Waals surface area contributed by atoms with E-state index in [9.17, 15) is 14.4 Å². The van der Waals surface area contributed by atoms with Crippen molar-refractivity contribution in [3.8, 4) is 22.3 Å². The molecular formula is C41H52FN5O4S. The fourth-order valence-electron chi connectivity index (χ4n) is 7.04. The molecule has 2 N–H and O–H groups in total. The molecule has 2 aliphatic rings. The van der Waals surface area contributed by atoms with Crippen molar-refractivity contribution in [2.24, 2.45) is 0 Å². The molecule has 2 amide bonds. The van der Waals surface area contributed by atoms with Crippen molar-refractivity contribution in [1.29, 1.82) is 0 Å². The highest BCUT2D eigenvalue weighted by Crippen LogP contribution is 2.42. The van der Waals surface area contributed by atoms with Crippen molar-refractivity contribution in [2.75, 3.05) is 36.4 Å². The first-order valence-corrected chi connectivity index (χ1v) is 21.2. The molecule has 9 nitrogen and oxygen atoms in total. The summed E-state index contributed by atoms with van der Waals surface area (Å²) < 4.78 is 24.6. The van der Waals surface area contributed by atoms with Crippen LogP contribution in [0.4, 0.5) is 10.1 Å². The number of alkyl halides is 1. The average molecular weight is 730 g/mol. The van der Waals surface area contributed by atoms with Crippen molar-refractivity contribution in [1.82, 2.24) is 19.7 Å². The van der Waals surface area contributed by atoms with E-state index in [1.807, 2.05) is 75.0 Å². The summed E-state index contributed by atoms with van der Waals surface area (Å²) >= 11 is 0. The number of aryl methyl sites for hydroxylation is 2. The van der Waals surface area contributed by atoms with Gasteiger partial charge in [0.2, 0.25) is 5.91 Å². The number of amides is 2. The second-order valence-electron chi connectivity index (χ2n) is 15.5. The molecule has 0 radical (unpaired) electrons. The quantitative estimate of drug-likeness (QED) is 0.141. The summed E-state index contributed by atoms with van der Waals surface area (Å²) in [6.07, 6.45) is 11.3. The van der Waals surface area contributed by atoms with E-state index in [4.69, 9.17) is 9.84 Å². The Balaban J connectivity index is 1.24. The lowest BCUT2D eigenvalue weighted by atomic mass is 9.77. The van der Waals surface area contributed by atoms with E-state index in [1.165, 1.54) is 0 Å². The molecule has 0 spiro atoms. The Hall–Kier alpha value is -4.22. The molecule has 2 aromatic heterocycles. The van der Waals surface area contributed by atoms with E-state index in [2.05, 4.69) is 41.5 Å². The van der Waals surface area contributed by atoms with Gasteiger partial charge < -0.3 is 19.9 Å². The second-order valence-corrected chi connectivity index (χ2v) is 20.1. The Morgan fingerprint density at radius 3 is 2.38 bits per heavy atom. The number of hydrogen-bond acceptors (Lipinski definition) is 5. The zero-order valence-electron chi connectivity index (χ0n) is 31.4. The maximum atomic E-state index is 15.0. The zero-order valence-corrected chi connectivity index (χ0v) is 32.2. The Morgan fingerprint density at radius 1 is 1.02 bits per heavy atom. The smallest absolute Gasteiger partial charge is 0.258 e. The molecule has 52 heavy (non-hydrogen) atoms. The van der Waals surface area contributed by atoms with Gasteiger partial charge >= 0.3 is 0 Å². The van der Waals surface area contributed by atoms with Gasteiger partial charge in [0, 0.05) is 46.9 Å². The molecule has 0 aliphatic heterocycles. The summed E-state index contributed by atoms with van der Waals surface area (Å²) in [6.45, 7) is 9.02. The third-order valence-corrected chi connectivity index (χ3v) is 11.7. The number of hydrogen-bond donors (Lipinski definition) is 2. The minimum atomic E-state index is -1.93. The molecule has 1 fully saturated rings. The topological polar surface area (TPSA) is 107 Å². The first kappa shape index (κ1) is 37.5. The van der Waals surface area contributed by atoms with Crippen LogP contribution in [-0.4, -0.2) is 69.0 Å². The molecule has 278 valence electrons. The van der Waals surface area contributed by atoms with E-state index in [-0.39, 0.29) is 30.4 Å². The molecular weight excluding hydrogens is 678 g/mol. The summed E-state index contributed by atoms with van der Waals surface area (Å²) in [5.74, 6) is -0.456. The summed E-state index contributed by atoms with van der Waals surface area (Å²) in [4.78, 5) is 39.8. The highest BCUT2D eigenvalue weighted by Gasteiger charge is 2.52. The molecule has 0 saturated heterocycles. The van der Waals surface area contributed by atoms with Gasteiger partial charge in [0.15, 0.2) is 5.67 Å². The van der Waals surface area contributed by atoms with Crippen LogP contribution in [0.5, 0.6) is 0 Å². The molecule has 2 aromatic carbocycles. The predicted octanol–water partition coefficient (Wildman–Crippen LogP) is 7.29. The Morgan fingerprint density at radius 2 is 1.71 bits per heavy atom. The number of ether oxygens (including phenoxy) is 1. The number of fused-ring (bicyclic) bond motifs is 1. The minimum Gasteiger partial charge on any atom is -0.358 e. The summed E-state index contributed by atoms with van der Waals surface area (Å²) in [5, 5.41) is 10.6. The first-order chi connectivity index (χ1) is 24.6. The van der Waals surface area contributed by atoms with Crippen molar-refractivity contribution < 1.29 is 18.7 Å². The third-order valence-electron chi connectivity index (χ3n) is 10.3. The summed E-state index contributed by atoms with van der Waals surface area (Å²) in [7, 11) is -0.631. The fraction of sp³-hybridized carbons (Fsp3) is 0.463. The van der Waals surface area contributed by atoms with Gasteiger partial charge in [-0.3, -0.25) is 14.4 Å². The average Bonchev–Trinajstić information content (AvgIpc) is 3.79. The van der Waals surface area contributed by atoms with Crippen molar-refractivity contribution in [3.63, 3.8) is 0 Å². The number of anilines is 1. The van der Waals surface area contributed by atoms with Gasteiger partial charge in [0.05, 0.1) is 12.3 Å². The van der Waals surface area contributed by atoms with Crippen LogP contribution in [-0.2, 0) is 27.5 Å². The fourth-order valence-corrected chi connectivity index (χ4v) is 7.65. The lowest BCUT2D eigenvalue weighted by Crippen LogP contribution is -2.51. The van der Waals surface area contributed by atoms with E-state index in [0.29, 0.717) is 25.4 Å². The van der Waals surface area contributed by atoms with Crippen LogP contribution in [0.3, 0.4) is 0 Å². The van der Waals surface area contributed by atoms with Crippen LogP contribution in [0.2, 0.25) is 0 Å². The molecule has 0 bridgehead atoms. The molecule has 6 rings (SSSR count). The van der Waals surface area contributed by atoms with Gasteiger partial charge in [0.25, 0.3) is 11.5 Å². The minimum absolute atomic E-state index is 0.00000131. The van der Waals surface area contributed by atoms with Crippen LogP contribution >= 0.6 is 10.0 Å². The molecule has 11 heteroatoms. The summed E-state index contributed by atoms with van der Waals surface area (Å²) in [6, 6.07) is 16.2.